The normalized spacial score (nSPS) is 21.9. The van der Waals surface area contributed by atoms with Crippen LogP contribution in [0.5, 0.6) is 0 Å². The van der Waals surface area contributed by atoms with E-state index in [1.807, 2.05) is 25.7 Å². The van der Waals surface area contributed by atoms with Crippen LogP contribution in [0.25, 0.3) is 22.0 Å². The van der Waals surface area contributed by atoms with Gasteiger partial charge in [-0.05, 0) is 78.9 Å². The highest BCUT2D eigenvalue weighted by Gasteiger charge is 2.51. The molecule has 2 N–H and O–H groups in total. The highest BCUT2D eigenvalue weighted by molar-refractivity contribution is 6.00. The Labute approximate surface area is 241 Å². The predicted octanol–water partition coefficient (Wildman–Crippen LogP) is 6.26. The molecule has 6 rings (SSSR count). The van der Waals surface area contributed by atoms with E-state index >= 15 is 4.39 Å². The number of nitrogens with zero attached hydrogens (tertiary/aromatic N) is 5. The molecule has 3 aromatic rings. The minimum atomic E-state index is -4.79. The van der Waals surface area contributed by atoms with Crippen LogP contribution in [-0.2, 0) is 17.3 Å². The lowest BCUT2D eigenvalue weighted by molar-refractivity contribution is -0.137. The quantitative estimate of drug-likeness (QED) is 0.336. The van der Waals surface area contributed by atoms with Crippen molar-refractivity contribution in [3.05, 3.63) is 40.1 Å². The number of fused-ring (bicyclic) bond motifs is 5. The van der Waals surface area contributed by atoms with E-state index in [0.717, 1.165) is 18.9 Å². The van der Waals surface area contributed by atoms with Crippen LogP contribution in [0.2, 0.25) is 0 Å². The van der Waals surface area contributed by atoms with Crippen molar-refractivity contribution in [1.82, 2.24) is 19.9 Å². The number of nitrogens with two attached hydrogens (primary N) is 1. The first kappa shape index (κ1) is 28.4. The van der Waals surface area contributed by atoms with E-state index in [9.17, 15) is 18.0 Å². The van der Waals surface area contributed by atoms with Gasteiger partial charge in [0.1, 0.15) is 22.9 Å². The second-order valence-electron chi connectivity index (χ2n) is 12.6. The van der Waals surface area contributed by atoms with Crippen LogP contribution < -0.4 is 10.6 Å². The summed E-state index contributed by atoms with van der Waals surface area (Å²) < 4.78 is 65.1. The third-order valence-electron chi connectivity index (χ3n) is 8.74. The van der Waals surface area contributed by atoms with Gasteiger partial charge in [0, 0.05) is 28.6 Å². The molecular formula is C30H34F4N6O2. The van der Waals surface area contributed by atoms with Crippen LogP contribution in [0.15, 0.2) is 6.07 Å². The molecule has 12 heteroatoms. The lowest BCUT2D eigenvalue weighted by Gasteiger charge is -2.47. The standard InChI is InChI=1S/C30H34F4N6O2/c1-13-14(2)37-27-23-18(8-10-19-20-9-7-16(12-39(19)27)40(20)28(41)42-29(4,5)6)38-26(25(31)22(13)23)17-11-21(35)36-15(3)24(17)30(32,33)34/h11,16,19-20H,7-10,12H2,1-6H3,(H2,35,36)/t16-,19-,20+/m1/s1. The molecule has 1 amide bonds. The SMILES string of the molecule is Cc1nc(N)cc(-c2nc3c4c(nc(C)c(C)c4c2F)N2C[C@H]4CC[C@@H]([C@H]2CC3)N4C(=O)OC(C)(C)C)c1C(F)(F)F. The van der Waals surface area contributed by atoms with Crippen molar-refractivity contribution < 1.29 is 27.1 Å². The molecule has 3 aliphatic rings. The Kier molecular flexibility index (Phi) is 6.36. The van der Waals surface area contributed by atoms with E-state index in [2.05, 4.69) is 14.9 Å². The Balaban J connectivity index is 1.54. The fraction of sp³-hybridized carbons (Fsp3) is 0.533. The van der Waals surface area contributed by atoms with Crippen molar-refractivity contribution in [2.75, 3.05) is 17.2 Å². The van der Waals surface area contributed by atoms with Gasteiger partial charge >= 0.3 is 12.3 Å². The number of hydrogen-bond acceptors (Lipinski definition) is 7. The maximum atomic E-state index is 16.6. The second kappa shape index (κ2) is 9.40. The Morgan fingerprint density at radius 2 is 1.71 bits per heavy atom. The zero-order valence-corrected chi connectivity index (χ0v) is 24.5. The van der Waals surface area contributed by atoms with Crippen LogP contribution in [-0.4, -0.2) is 56.2 Å². The fourth-order valence-corrected chi connectivity index (χ4v) is 7.01. The third kappa shape index (κ3) is 4.41. The van der Waals surface area contributed by atoms with Gasteiger partial charge in [0.05, 0.1) is 35.1 Å². The topological polar surface area (TPSA) is 97.5 Å². The first-order chi connectivity index (χ1) is 19.6. The number of halogens is 4. The molecule has 0 radical (unpaired) electrons. The zero-order chi connectivity index (χ0) is 30.5. The highest BCUT2D eigenvalue weighted by atomic mass is 19.4. The molecule has 0 aromatic carbocycles. The smallest absolute Gasteiger partial charge is 0.418 e. The van der Waals surface area contributed by atoms with Crippen LogP contribution in [0.1, 0.15) is 68.2 Å². The van der Waals surface area contributed by atoms with Gasteiger partial charge in [-0.15, -0.1) is 0 Å². The lowest BCUT2D eigenvalue weighted by atomic mass is 9.96. The summed E-state index contributed by atoms with van der Waals surface area (Å²) in [5.74, 6) is -0.436. The number of piperazine rings is 1. The third-order valence-corrected chi connectivity index (χ3v) is 8.74. The Morgan fingerprint density at radius 3 is 2.38 bits per heavy atom. The number of aromatic nitrogens is 3. The molecule has 0 spiro atoms. The number of aryl methyl sites for hydroxylation is 4. The van der Waals surface area contributed by atoms with Gasteiger partial charge in [-0.2, -0.15) is 13.2 Å². The van der Waals surface area contributed by atoms with E-state index in [4.69, 9.17) is 15.5 Å². The average Bonchev–Trinajstić information content (AvgIpc) is 3.10. The minimum absolute atomic E-state index is 0.102. The molecule has 0 aliphatic carbocycles. The van der Waals surface area contributed by atoms with Gasteiger partial charge < -0.3 is 15.4 Å². The minimum Gasteiger partial charge on any atom is -0.444 e. The molecule has 3 atom stereocenters. The fourth-order valence-electron chi connectivity index (χ4n) is 7.01. The predicted molar refractivity (Wildman–Crippen MR) is 151 cm³/mol. The first-order valence-electron chi connectivity index (χ1n) is 14.2. The molecule has 6 heterocycles. The number of amides is 1. The van der Waals surface area contributed by atoms with E-state index in [-0.39, 0.29) is 41.1 Å². The largest absolute Gasteiger partial charge is 0.444 e. The number of carbonyl (C=O) groups excluding carboxylic acids is 1. The zero-order valence-electron chi connectivity index (χ0n) is 24.5. The molecule has 3 aromatic heterocycles. The number of rotatable bonds is 1. The first-order valence-corrected chi connectivity index (χ1v) is 14.2. The molecule has 3 aliphatic heterocycles. The second-order valence-corrected chi connectivity index (χ2v) is 12.6. The van der Waals surface area contributed by atoms with Crippen molar-refractivity contribution in [2.45, 2.75) is 97.1 Å². The summed E-state index contributed by atoms with van der Waals surface area (Å²) >= 11 is 0. The van der Waals surface area contributed by atoms with Gasteiger partial charge in [0.25, 0.3) is 0 Å². The number of carbonyl (C=O) groups is 1. The van der Waals surface area contributed by atoms with Crippen molar-refractivity contribution >= 4 is 28.5 Å². The maximum Gasteiger partial charge on any atom is 0.418 e. The molecule has 0 unspecified atom stereocenters. The molecule has 8 nitrogen and oxygen atoms in total. The summed E-state index contributed by atoms with van der Waals surface area (Å²) in [6, 6.07) is 0.659. The number of pyridine rings is 3. The Bertz CT molecular complexity index is 1630. The van der Waals surface area contributed by atoms with E-state index in [0.29, 0.717) is 47.5 Å². The molecular weight excluding hydrogens is 552 g/mol. The molecule has 2 saturated heterocycles. The van der Waals surface area contributed by atoms with Gasteiger partial charge in [-0.25, -0.2) is 24.1 Å². The van der Waals surface area contributed by atoms with Crippen LogP contribution in [0.3, 0.4) is 0 Å². The molecule has 2 bridgehead atoms. The van der Waals surface area contributed by atoms with Crippen LogP contribution in [0.4, 0.5) is 34.0 Å². The average molecular weight is 587 g/mol. The van der Waals surface area contributed by atoms with E-state index in [1.54, 1.807) is 13.8 Å². The number of anilines is 2. The van der Waals surface area contributed by atoms with Crippen molar-refractivity contribution in [3.63, 3.8) is 0 Å². The maximum absolute atomic E-state index is 16.6. The molecule has 0 saturated carbocycles. The summed E-state index contributed by atoms with van der Waals surface area (Å²) in [5, 5.41) is 0.723. The van der Waals surface area contributed by atoms with Crippen LogP contribution >= 0.6 is 0 Å². The summed E-state index contributed by atoms with van der Waals surface area (Å²) in [7, 11) is 0. The monoisotopic (exact) mass is 586 g/mol. The summed E-state index contributed by atoms with van der Waals surface area (Å²) in [4.78, 5) is 30.5. The van der Waals surface area contributed by atoms with Crippen molar-refractivity contribution in [1.29, 1.82) is 0 Å². The van der Waals surface area contributed by atoms with Gasteiger partial charge in [0.2, 0.25) is 0 Å². The van der Waals surface area contributed by atoms with Crippen molar-refractivity contribution in [3.8, 4) is 11.3 Å². The Morgan fingerprint density at radius 1 is 1.00 bits per heavy atom. The molecule has 224 valence electrons. The van der Waals surface area contributed by atoms with Crippen molar-refractivity contribution in [2.24, 2.45) is 0 Å². The van der Waals surface area contributed by atoms with E-state index < -0.39 is 34.4 Å². The number of ether oxygens (including phenoxy) is 1. The molecule has 2 fully saturated rings. The van der Waals surface area contributed by atoms with Gasteiger partial charge in [-0.3, -0.25) is 4.90 Å². The summed E-state index contributed by atoms with van der Waals surface area (Å²) in [6.07, 6.45) is -2.63. The number of hydrogen-bond donors (Lipinski definition) is 1. The van der Waals surface area contributed by atoms with Gasteiger partial charge in [-0.1, -0.05) is 0 Å². The number of nitrogen functional groups attached to an aromatic ring is 1. The summed E-state index contributed by atoms with van der Waals surface area (Å²) in [6.45, 7) is 10.7. The Hall–Kier alpha value is -3.70. The molecule has 42 heavy (non-hydrogen) atoms. The highest BCUT2D eigenvalue weighted by Crippen LogP contribution is 2.47. The number of alkyl halides is 3. The summed E-state index contributed by atoms with van der Waals surface area (Å²) in [5.41, 5.74) is 4.56. The van der Waals surface area contributed by atoms with Crippen LogP contribution in [0, 0.1) is 26.6 Å². The van der Waals surface area contributed by atoms with E-state index in [1.165, 1.54) is 6.92 Å². The lowest BCUT2D eigenvalue weighted by Crippen LogP contribution is -2.62. The van der Waals surface area contributed by atoms with Gasteiger partial charge in [0.15, 0.2) is 5.82 Å².